The summed E-state index contributed by atoms with van der Waals surface area (Å²) in [5, 5.41) is 11.6. The predicted molar refractivity (Wildman–Crippen MR) is 55.4 cm³/mol. The number of nitrogens with one attached hydrogen (secondary N) is 1. The van der Waals surface area contributed by atoms with Crippen molar-refractivity contribution in [1.82, 2.24) is 4.98 Å². The van der Waals surface area contributed by atoms with Crippen LogP contribution in [0.15, 0.2) is 18.3 Å². The fourth-order valence-electron chi connectivity index (χ4n) is 0.990. The number of aryl methyl sites for hydroxylation is 1. The molecule has 0 amide bonds. The van der Waals surface area contributed by atoms with Gasteiger partial charge in [0.05, 0.1) is 19.8 Å². The minimum Gasteiger partial charge on any atom is -0.394 e. The Labute approximate surface area is 83.9 Å². The Morgan fingerprint density at radius 3 is 2.93 bits per heavy atom. The Hall–Kier alpha value is -1.13. The molecular weight excluding hydrogens is 180 g/mol. The average molecular weight is 196 g/mol. The first-order chi connectivity index (χ1) is 6.83. The molecule has 1 aromatic rings. The third-order valence-corrected chi connectivity index (χ3v) is 1.70. The van der Waals surface area contributed by atoms with Crippen LogP contribution in [0.25, 0.3) is 0 Å². The second-order valence-corrected chi connectivity index (χ2v) is 2.98. The highest BCUT2D eigenvalue weighted by molar-refractivity contribution is 5.34. The zero-order valence-corrected chi connectivity index (χ0v) is 8.36. The third-order valence-electron chi connectivity index (χ3n) is 1.70. The van der Waals surface area contributed by atoms with Crippen LogP contribution < -0.4 is 5.32 Å². The van der Waals surface area contributed by atoms with Gasteiger partial charge in [-0.15, -0.1) is 0 Å². The molecular formula is C10H16N2O2. The highest BCUT2D eigenvalue weighted by atomic mass is 16.5. The number of anilines is 1. The molecule has 1 heterocycles. The smallest absolute Gasteiger partial charge is 0.125 e. The molecule has 1 aromatic heterocycles. The standard InChI is InChI=1S/C10H16N2O2/c1-9-2-3-10(12-8-9)11-4-6-14-7-5-13/h2-3,8,13H,4-7H2,1H3,(H,11,12). The van der Waals surface area contributed by atoms with E-state index in [0.717, 1.165) is 11.4 Å². The van der Waals surface area contributed by atoms with Crippen molar-refractivity contribution < 1.29 is 9.84 Å². The van der Waals surface area contributed by atoms with Gasteiger partial charge >= 0.3 is 0 Å². The number of hydrogen-bond donors (Lipinski definition) is 2. The minimum atomic E-state index is 0.0722. The average Bonchev–Trinajstić information content (AvgIpc) is 2.21. The van der Waals surface area contributed by atoms with Crippen LogP contribution in [0.4, 0.5) is 5.82 Å². The number of ether oxygens (including phenoxy) is 1. The van der Waals surface area contributed by atoms with Gasteiger partial charge in [-0.3, -0.25) is 0 Å². The predicted octanol–water partition coefficient (Wildman–Crippen LogP) is 0.811. The largest absolute Gasteiger partial charge is 0.394 e. The Bertz CT molecular complexity index is 249. The molecule has 0 saturated heterocycles. The fourth-order valence-corrected chi connectivity index (χ4v) is 0.990. The van der Waals surface area contributed by atoms with Crippen molar-refractivity contribution in [3.63, 3.8) is 0 Å². The maximum Gasteiger partial charge on any atom is 0.125 e. The Balaban J connectivity index is 2.15. The Morgan fingerprint density at radius 1 is 1.43 bits per heavy atom. The molecule has 2 N–H and O–H groups in total. The first-order valence-electron chi connectivity index (χ1n) is 4.68. The summed E-state index contributed by atoms with van der Waals surface area (Å²) in [7, 11) is 0. The van der Waals surface area contributed by atoms with Crippen LogP contribution in [0.5, 0.6) is 0 Å². The van der Waals surface area contributed by atoms with Gasteiger partial charge in [0, 0.05) is 12.7 Å². The summed E-state index contributed by atoms with van der Waals surface area (Å²) in [4.78, 5) is 4.18. The van der Waals surface area contributed by atoms with Crippen LogP contribution in [0.2, 0.25) is 0 Å². The van der Waals surface area contributed by atoms with Crippen molar-refractivity contribution in [3.05, 3.63) is 23.9 Å². The molecule has 1 rings (SSSR count). The molecule has 0 fully saturated rings. The van der Waals surface area contributed by atoms with E-state index in [9.17, 15) is 0 Å². The second-order valence-electron chi connectivity index (χ2n) is 2.98. The van der Waals surface area contributed by atoms with E-state index < -0.39 is 0 Å². The van der Waals surface area contributed by atoms with E-state index >= 15 is 0 Å². The molecule has 4 nitrogen and oxygen atoms in total. The van der Waals surface area contributed by atoms with E-state index in [2.05, 4.69) is 10.3 Å². The zero-order chi connectivity index (χ0) is 10.2. The first kappa shape index (κ1) is 10.9. The maximum absolute atomic E-state index is 8.46. The summed E-state index contributed by atoms with van der Waals surface area (Å²) in [5.74, 6) is 0.850. The van der Waals surface area contributed by atoms with E-state index in [0.29, 0.717) is 19.8 Å². The number of aliphatic hydroxyl groups excluding tert-OH is 1. The lowest BCUT2D eigenvalue weighted by Gasteiger charge is -2.05. The molecule has 0 aliphatic carbocycles. The molecule has 0 aliphatic heterocycles. The summed E-state index contributed by atoms with van der Waals surface area (Å²) in [6.45, 7) is 3.75. The van der Waals surface area contributed by atoms with Gasteiger partial charge in [-0.05, 0) is 18.6 Å². The van der Waals surface area contributed by atoms with Crippen LogP contribution in [-0.4, -0.2) is 36.5 Å². The van der Waals surface area contributed by atoms with E-state index in [1.54, 1.807) is 0 Å². The number of aliphatic hydroxyl groups is 1. The molecule has 14 heavy (non-hydrogen) atoms. The van der Waals surface area contributed by atoms with E-state index in [-0.39, 0.29) is 6.61 Å². The van der Waals surface area contributed by atoms with Gasteiger partial charge < -0.3 is 15.2 Å². The first-order valence-corrected chi connectivity index (χ1v) is 4.68. The van der Waals surface area contributed by atoms with E-state index in [1.807, 2.05) is 25.3 Å². The minimum absolute atomic E-state index is 0.0722. The molecule has 0 saturated carbocycles. The van der Waals surface area contributed by atoms with Crippen molar-refractivity contribution in [3.8, 4) is 0 Å². The summed E-state index contributed by atoms with van der Waals surface area (Å²) in [5.41, 5.74) is 1.15. The van der Waals surface area contributed by atoms with Gasteiger partial charge in [-0.2, -0.15) is 0 Å². The maximum atomic E-state index is 8.46. The van der Waals surface area contributed by atoms with Crippen LogP contribution >= 0.6 is 0 Å². The highest BCUT2D eigenvalue weighted by Gasteiger charge is 1.92. The summed E-state index contributed by atoms with van der Waals surface area (Å²) >= 11 is 0. The van der Waals surface area contributed by atoms with Crippen molar-refractivity contribution in [2.75, 3.05) is 31.7 Å². The van der Waals surface area contributed by atoms with Gasteiger partial charge in [-0.25, -0.2) is 4.98 Å². The van der Waals surface area contributed by atoms with Crippen molar-refractivity contribution >= 4 is 5.82 Å². The lowest BCUT2D eigenvalue weighted by atomic mass is 10.3. The number of rotatable bonds is 6. The van der Waals surface area contributed by atoms with Gasteiger partial charge in [0.1, 0.15) is 5.82 Å². The highest BCUT2D eigenvalue weighted by Crippen LogP contribution is 2.02. The number of hydrogen-bond acceptors (Lipinski definition) is 4. The number of pyridine rings is 1. The van der Waals surface area contributed by atoms with Crippen molar-refractivity contribution in [2.24, 2.45) is 0 Å². The Morgan fingerprint density at radius 2 is 2.29 bits per heavy atom. The summed E-state index contributed by atoms with van der Waals surface area (Å²) in [6.07, 6.45) is 1.82. The van der Waals surface area contributed by atoms with Gasteiger partial charge in [0.2, 0.25) is 0 Å². The SMILES string of the molecule is Cc1ccc(NCCOCCO)nc1. The summed E-state index contributed by atoms with van der Waals surface area (Å²) in [6, 6.07) is 3.94. The van der Waals surface area contributed by atoms with Crippen LogP contribution in [0, 0.1) is 6.92 Å². The molecule has 0 radical (unpaired) electrons. The second kappa shape index (κ2) is 6.34. The zero-order valence-electron chi connectivity index (χ0n) is 8.36. The van der Waals surface area contributed by atoms with Crippen LogP contribution in [0.1, 0.15) is 5.56 Å². The molecule has 0 atom stereocenters. The molecule has 0 aliphatic rings. The molecule has 0 aromatic carbocycles. The normalized spacial score (nSPS) is 10.1. The lowest BCUT2D eigenvalue weighted by molar-refractivity contribution is 0.0992. The molecule has 0 bridgehead atoms. The van der Waals surface area contributed by atoms with Gasteiger partial charge in [-0.1, -0.05) is 6.07 Å². The topological polar surface area (TPSA) is 54.4 Å². The van der Waals surface area contributed by atoms with Crippen LogP contribution in [0.3, 0.4) is 0 Å². The molecule has 78 valence electrons. The monoisotopic (exact) mass is 196 g/mol. The van der Waals surface area contributed by atoms with Gasteiger partial charge in [0.25, 0.3) is 0 Å². The number of aromatic nitrogens is 1. The lowest BCUT2D eigenvalue weighted by Crippen LogP contribution is -2.11. The molecule has 0 unspecified atom stereocenters. The third kappa shape index (κ3) is 4.20. The van der Waals surface area contributed by atoms with Crippen molar-refractivity contribution in [2.45, 2.75) is 6.92 Å². The van der Waals surface area contributed by atoms with Gasteiger partial charge in [0.15, 0.2) is 0 Å². The molecule has 0 spiro atoms. The Kier molecular flexibility index (Phi) is 4.96. The van der Waals surface area contributed by atoms with E-state index in [4.69, 9.17) is 9.84 Å². The summed E-state index contributed by atoms with van der Waals surface area (Å²) < 4.78 is 5.09. The number of nitrogens with zero attached hydrogens (tertiary/aromatic N) is 1. The van der Waals surface area contributed by atoms with Crippen molar-refractivity contribution in [1.29, 1.82) is 0 Å². The fraction of sp³-hybridized carbons (Fsp3) is 0.500. The quantitative estimate of drug-likeness (QED) is 0.661. The van der Waals surface area contributed by atoms with E-state index in [1.165, 1.54) is 0 Å². The molecule has 4 heteroatoms. The van der Waals surface area contributed by atoms with Crippen LogP contribution in [-0.2, 0) is 4.74 Å².